The average molecular weight is 753 g/mol. The van der Waals surface area contributed by atoms with Crippen molar-refractivity contribution >= 4 is 107 Å². The van der Waals surface area contributed by atoms with E-state index in [0.29, 0.717) is 0 Å². The third kappa shape index (κ3) is 4.76. The van der Waals surface area contributed by atoms with Gasteiger partial charge >= 0.3 is 0 Å². The minimum atomic E-state index is 0.915. The summed E-state index contributed by atoms with van der Waals surface area (Å²) in [5, 5.41) is 17.4. The molecule has 13 rings (SSSR count). The number of furan rings is 1. The van der Waals surface area contributed by atoms with Crippen molar-refractivity contribution in [1.29, 1.82) is 0 Å². The maximum Gasteiger partial charge on any atom is 0.136 e. The van der Waals surface area contributed by atoms with Gasteiger partial charge in [-0.15, -0.1) is 11.3 Å². The van der Waals surface area contributed by atoms with Crippen LogP contribution in [0.5, 0.6) is 0 Å². The van der Waals surface area contributed by atoms with Crippen molar-refractivity contribution in [3.8, 4) is 33.4 Å². The van der Waals surface area contributed by atoms with Crippen LogP contribution < -0.4 is 0 Å². The quantitative estimate of drug-likeness (QED) is 0.164. The SMILES string of the molecule is c1ccc2cc(-c3c4ccccc4c(-c4ccc5cc(-c6ccc7oc8cc9cc%10sc%11ccccc%11c%10cc9cc8c7c6)ccc5c4)c4ccccc34)ccc2c1. The Morgan fingerprint density at radius 3 is 1.45 bits per heavy atom. The third-order valence-corrected chi connectivity index (χ3v) is 13.5. The number of rotatable bonds is 3. The fraction of sp³-hybridized carbons (Fsp3) is 0. The highest BCUT2D eigenvalue weighted by Crippen LogP contribution is 2.45. The summed E-state index contributed by atoms with van der Waals surface area (Å²) in [6, 6.07) is 71.7. The van der Waals surface area contributed by atoms with Gasteiger partial charge in [0.05, 0.1) is 0 Å². The molecule has 0 amide bonds. The van der Waals surface area contributed by atoms with Crippen molar-refractivity contribution in [2.24, 2.45) is 0 Å². The Morgan fingerprint density at radius 1 is 0.259 bits per heavy atom. The van der Waals surface area contributed by atoms with Crippen LogP contribution in [0.4, 0.5) is 0 Å². The van der Waals surface area contributed by atoms with Crippen LogP contribution >= 0.6 is 11.3 Å². The molecular formula is C56H32OS. The van der Waals surface area contributed by atoms with Crippen LogP contribution in [-0.2, 0) is 0 Å². The van der Waals surface area contributed by atoms with Crippen molar-refractivity contribution in [3.63, 3.8) is 0 Å². The normalized spacial score (nSPS) is 12.1. The van der Waals surface area contributed by atoms with E-state index in [1.165, 1.54) is 107 Å². The summed E-state index contributed by atoms with van der Waals surface area (Å²) in [5.74, 6) is 0. The molecule has 0 radical (unpaired) electrons. The van der Waals surface area contributed by atoms with Crippen LogP contribution in [0, 0.1) is 0 Å². The van der Waals surface area contributed by atoms with Crippen LogP contribution in [0.15, 0.2) is 199 Å². The highest BCUT2D eigenvalue weighted by molar-refractivity contribution is 7.25. The standard InChI is InChI=1S/C56H32OS/c1-2-10-34-26-39(21-17-33(34)9-1)55-44-12-3-5-14-46(44)56(47-15-6-4-13-45(47)55)40-22-20-35-25-36(18-19-37(35)27-40)38-23-24-51-48(28-38)49-29-41-30-50-43-11-7-8-16-53(43)58-54(50)32-42(41)31-52(49)57-51/h1-32H. The Morgan fingerprint density at radius 2 is 0.741 bits per heavy atom. The molecule has 268 valence electrons. The number of benzene rings is 11. The topological polar surface area (TPSA) is 13.1 Å². The lowest BCUT2D eigenvalue weighted by atomic mass is 9.85. The molecule has 0 unspecified atom stereocenters. The molecule has 2 aromatic heterocycles. The average Bonchev–Trinajstić information content (AvgIpc) is 3.82. The van der Waals surface area contributed by atoms with E-state index in [-0.39, 0.29) is 0 Å². The molecule has 0 aliphatic carbocycles. The maximum absolute atomic E-state index is 6.46. The van der Waals surface area contributed by atoms with Crippen molar-refractivity contribution in [2.45, 2.75) is 0 Å². The monoisotopic (exact) mass is 752 g/mol. The second kappa shape index (κ2) is 12.1. The molecule has 58 heavy (non-hydrogen) atoms. The molecular weight excluding hydrogens is 721 g/mol. The summed E-state index contributed by atoms with van der Waals surface area (Å²) in [7, 11) is 0. The first-order valence-electron chi connectivity index (χ1n) is 19.9. The zero-order valence-corrected chi connectivity index (χ0v) is 32.1. The minimum absolute atomic E-state index is 0.915. The summed E-state index contributed by atoms with van der Waals surface area (Å²) < 4.78 is 9.10. The summed E-state index contributed by atoms with van der Waals surface area (Å²) in [6.45, 7) is 0. The second-order valence-electron chi connectivity index (χ2n) is 15.6. The van der Waals surface area contributed by atoms with Crippen molar-refractivity contribution in [1.82, 2.24) is 0 Å². The largest absolute Gasteiger partial charge is 0.456 e. The Labute approximate surface area is 337 Å². The third-order valence-electron chi connectivity index (χ3n) is 12.4. The summed E-state index contributed by atoms with van der Waals surface area (Å²) in [5.41, 5.74) is 9.25. The Balaban J connectivity index is 0.924. The van der Waals surface area contributed by atoms with Crippen molar-refractivity contribution in [2.75, 3.05) is 0 Å². The molecule has 11 aromatic carbocycles. The highest BCUT2D eigenvalue weighted by atomic mass is 32.1. The van der Waals surface area contributed by atoms with E-state index in [0.717, 1.165) is 21.9 Å². The van der Waals surface area contributed by atoms with Gasteiger partial charge in [-0.1, -0.05) is 133 Å². The molecule has 0 saturated heterocycles. The summed E-state index contributed by atoms with van der Waals surface area (Å²) in [4.78, 5) is 0. The van der Waals surface area contributed by atoms with E-state index >= 15 is 0 Å². The molecule has 0 spiro atoms. The van der Waals surface area contributed by atoms with Gasteiger partial charge in [0.15, 0.2) is 0 Å². The lowest BCUT2D eigenvalue weighted by Gasteiger charge is -2.18. The molecule has 2 heterocycles. The van der Waals surface area contributed by atoms with Gasteiger partial charge in [0.2, 0.25) is 0 Å². The zero-order valence-electron chi connectivity index (χ0n) is 31.3. The van der Waals surface area contributed by atoms with E-state index < -0.39 is 0 Å². The predicted octanol–water partition coefficient (Wildman–Crippen LogP) is 16.7. The number of fused-ring (bicyclic) bond motifs is 11. The van der Waals surface area contributed by atoms with Crippen LogP contribution in [0.3, 0.4) is 0 Å². The zero-order chi connectivity index (χ0) is 37.9. The first kappa shape index (κ1) is 31.9. The molecule has 0 saturated carbocycles. The molecule has 1 nitrogen and oxygen atoms in total. The molecule has 0 atom stereocenters. The fourth-order valence-electron chi connectivity index (χ4n) is 9.60. The van der Waals surface area contributed by atoms with E-state index in [4.69, 9.17) is 4.42 Å². The predicted molar refractivity (Wildman–Crippen MR) is 250 cm³/mol. The molecule has 13 aromatic rings. The Hall–Kier alpha value is -7.26. The summed E-state index contributed by atoms with van der Waals surface area (Å²) >= 11 is 1.86. The van der Waals surface area contributed by atoms with Gasteiger partial charge in [-0.2, -0.15) is 0 Å². The Kier molecular flexibility index (Phi) is 6.66. The first-order valence-corrected chi connectivity index (χ1v) is 20.7. The lowest BCUT2D eigenvalue weighted by molar-refractivity contribution is 0.669. The molecule has 0 N–H and O–H groups in total. The highest BCUT2D eigenvalue weighted by Gasteiger charge is 2.18. The fourth-order valence-corrected chi connectivity index (χ4v) is 10.7. The molecule has 0 bridgehead atoms. The van der Waals surface area contributed by atoms with Crippen molar-refractivity contribution in [3.05, 3.63) is 194 Å². The molecule has 0 aliphatic heterocycles. The van der Waals surface area contributed by atoms with Gasteiger partial charge in [0.25, 0.3) is 0 Å². The van der Waals surface area contributed by atoms with Crippen molar-refractivity contribution < 1.29 is 4.42 Å². The number of thiophene rings is 1. The smallest absolute Gasteiger partial charge is 0.136 e. The minimum Gasteiger partial charge on any atom is -0.456 e. The van der Waals surface area contributed by atoms with Gasteiger partial charge < -0.3 is 4.42 Å². The lowest BCUT2D eigenvalue weighted by Crippen LogP contribution is -1.91. The van der Waals surface area contributed by atoms with Crippen LogP contribution in [0.25, 0.3) is 129 Å². The van der Waals surface area contributed by atoms with Gasteiger partial charge in [0, 0.05) is 30.9 Å². The van der Waals surface area contributed by atoms with Gasteiger partial charge in [-0.05, 0) is 148 Å². The van der Waals surface area contributed by atoms with Gasteiger partial charge in [0.1, 0.15) is 11.2 Å². The van der Waals surface area contributed by atoms with E-state index in [9.17, 15) is 0 Å². The Bertz CT molecular complexity index is 3810. The molecule has 2 heteroatoms. The van der Waals surface area contributed by atoms with Crippen LogP contribution in [0.1, 0.15) is 0 Å². The molecule has 0 aliphatic rings. The van der Waals surface area contributed by atoms with Crippen LogP contribution in [-0.4, -0.2) is 0 Å². The molecule has 0 fully saturated rings. The second-order valence-corrected chi connectivity index (χ2v) is 16.7. The first-order chi connectivity index (χ1) is 28.7. The van der Waals surface area contributed by atoms with E-state index in [2.05, 4.69) is 194 Å². The van der Waals surface area contributed by atoms with E-state index in [1.807, 2.05) is 11.3 Å². The maximum atomic E-state index is 6.46. The number of hydrogen-bond acceptors (Lipinski definition) is 2. The van der Waals surface area contributed by atoms with Gasteiger partial charge in [-0.25, -0.2) is 0 Å². The van der Waals surface area contributed by atoms with Gasteiger partial charge in [-0.3, -0.25) is 0 Å². The van der Waals surface area contributed by atoms with E-state index in [1.54, 1.807) is 0 Å². The van der Waals surface area contributed by atoms with Crippen LogP contribution in [0.2, 0.25) is 0 Å². The number of hydrogen-bond donors (Lipinski definition) is 0. The summed E-state index contributed by atoms with van der Waals surface area (Å²) in [6.07, 6.45) is 0.